The summed E-state index contributed by atoms with van der Waals surface area (Å²) in [5.74, 6) is -0.217. The molecule has 0 bridgehead atoms. The first-order valence-corrected chi connectivity index (χ1v) is 6.63. The molecule has 21 heavy (non-hydrogen) atoms. The van der Waals surface area contributed by atoms with Gasteiger partial charge in [0.1, 0.15) is 11.4 Å². The van der Waals surface area contributed by atoms with E-state index in [2.05, 4.69) is 10.3 Å². The largest absolute Gasteiger partial charge is 0.411 e. The average molecular weight is 289 g/mol. The molecule has 0 atom stereocenters. The summed E-state index contributed by atoms with van der Waals surface area (Å²) in [6.07, 6.45) is 0. The lowest BCUT2D eigenvalue weighted by molar-refractivity contribution is 0.0530. The standard InChI is InChI=1S/C15H19N3O3/c1-14(2)11(16-20)12(17-21)15(3,4)18(14)13(19)10-8-6-5-7-9-10/h5-9,20-21H,1-4H3. The van der Waals surface area contributed by atoms with E-state index in [0.717, 1.165) is 0 Å². The molecule has 0 unspecified atom stereocenters. The average Bonchev–Trinajstić information content (AvgIpc) is 2.59. The Bertz CT molecular complexity index is 588. The molecular weight excluding hydrogens is 270 g/mol. The number of oxime groups is 2. The molecule has 2 rings (SSSR count). The van der Waals surface area contributed by atoms with Crippen LogP contribution in [0.5, 0.6) is 0 Å². The van der Waals surface area contributed by atoms with E-state index in [9.17, 15) is 15.2 Å². The highest BCUT2D eigenvalue weighted by atomic mass is 16.4. The van der Waals surface area contributed by atoms with Crippen molar-refractivity contribution < 1.29 is 15.2 Å². The van der Waals surface area contributed by atoms with Gasteiger partial charge in [-0.25, -0.2) is 0 Å². The molecule has 0 spiro atoms. The molecule has 1 heterocycles. The van der Waals surface area contributed by atoms with Crippen LogP contribution >= 0.6 is 0 Å². The molecule has 0 aliphatic carbocycles. The summed E-state index contributed by atoms with van der Waals surface area (Å²) >= 11 is 0. The second kappa shape index (κ2) is 4.87. The lowest BCUT2D eigenvalue weighted by Gasteiger charge is -2.38. The van der Waals surface area contributed by atoms with E-state index in [-0.39, 0.29) is 17.3 Å². The molecule has 1 aliphatic heterocycles. The fraction of sp³-hybridized carbons (Fsp3) is 0.400. The summed E-state index contributed by atoms with van der Waals surface area (Å²) in [5, 5.41) is 25.0. The van der Waals surface area contributed by atoms with Gasteiger partial charge < -0.3 is 15.3 Å². The zero-order chi connectivity index (χ0) is 15.8. The predicted octanol–water partition coefficient (Wildman–Crippen LogP) is 2.36. The van der Waals surface area contributed by atoms with Crippen LogP contribution in [-0.4, -0.2) is 43.7 Å². The second-order valence-corrected chi connectivity index (χ2v) is 6.02. The van der Waals surface area contributed by atoms with E-state index in [0.29, 0.717) is 5.56 Å². The molecular formula is C15H19N3O3. The van der Waals surface area contributed by atoms with Crippen molar-refractivity contribution >= 4 is 17.3 Å². The number of hydrogen-bond acceptors (Lipinski definition) is 5. The topological polar surface area (TPSA) is 85.5 Å². The van der Waals surface area contributed by atoms with E-state index in [4.69, 9.17) is 0 Å². The third-order valence-corrected chi connectivity index (χ3v) is 3.93. The normalized spacial score (nSPS) is 23.7. The maximum Gasteiger partial charge on any atom is 0.255 e. The van der Waals surface area contributed by atoms with Crippen molar-refractivity contribution in [2.45, 2.75) is 38.8 Å². The summed E-state index contributed by atoms with van der Waals surface area (Å²) < 4.78 is 0. The van der Waals surface area contributed by atoms with E-state index >= 15 is 0 Å². The van der Waals surface area contributed by atoms with Gasteiger partial charge in [-0.1, -0.05) is 28.5 Å². The van der Waals surface area contributed by atoms with Gasteiger partial charge in [0.15, 0.2) is 0 Å². The molecule has 6 heteroatoms. The summed E-state index contributed by atoms with van der Waals surface area (Å²) in [5.41, 5.74) is -0.909. The van der Waals surface area contributed by atoms with E-state index < -0.39 is 11.1 Å². The molecule has 6 nitrogen and oxygen atoms in total. The van der Waals surface area contributed by atoms with Crippen LogP contribution in [-0.2, 0) is 0 Å². The van der Waals surface area contributed by atoms with Gasteiger partial charge in [-0.05, 0) is 39.8 Å². The van der Waals surface area contributed by atoms with Gasteiger partial charge in [-0.15, -0.1) is 0 Å². The Balaban J connectivity index is 2.60. The Morgan fingerprint density at radius 3 is 1.76 bits per heavy atom. The minimum Gasteiger partial charge on any atom is -0.411 e. The molecule has 0 aromatic heterocycles. The van der Waals surface area contributed by atoms with Crippen LogP contribution in [0.4, 0.5) is 0 Å². The monoisotopic (exact) mass is 289 g/mol. The fourth-order valence-electron chi connectivity index (χ4n) is 3.05. The van der Waals surface area contributed by atoms with Crippen molar-refractivity contribution in [3.8, 4) is 0 Å². The molecule has 1 fully saturated rings. The number of rotatable bonds is 1. The lowest BCUT2D eigenvalue weighted by Crippen LogP contribution is -2.54. The Morgan fingerprint density at radius 1 is 0.952 bits per heavy atom. The summed E-state index contributed by atoms with van der Waals surface area (Å²) in [4.78, 5) is 14.4. The van der Waals surface area contributed by atoms with E-state index in [1.54, 1.807) is 56.9 Å². The van der Waals surface area contributed by atoms with Crippen LogP contribution in [0, 0.1) is 0 Å². The number of likely N-dealkylation sites (tertiary alicyclic amines) is 1. The smallest absolute Gasteiger partial charge is 0.255 e. The van der Waals surface area contributed by atoms with Gasteiger partial charge in [0, 0.05) is 5.56 Å². The molecule has 2 N–H and O–H groups in total. The van der Waals surface area contributed by atoms with Crippen LogP contribution in [0.15, 0.2) is 40.6 Å². The van der Waals surface area contributed by atoms with Crippen LogP contribution in [0.2, 0.25) is 0 Å². The van der Waals surface area contributed by atoms with Crippen molar-refractivity contribution in [2.24, 2.45) is 10.3 Å². The molecule has 0 radical (unpaired) electrons. The molecule has 1 saturated heterocycles. The zero-order valence-electron chi connectivity index (χ0n) is 12.5. The summed E-state index contributed by atoms with van der Waals surface area (Å²) in [7, 11) is 0. The van der Waals surface area contributed by atoms with Crippen molar-refractivity contribution in [3.05, 3.63) is 35.9 Å². The number of nitrogens with zero attached hydrogens (tertiary/aromatic N) is 3. The first-order chi connectivity index (χ1) is 9.78. The van der Waals surface area contributed by atoms with Crippen LogP contribution in [0.1, 0.15) is 38.1 Å². The van der Waals surface area contributed by atoms with Gasteiger partial charge in [-0.2, -0.15) is 0 Å². The quantitative estimate of drug-likeness (QED) is 0.614. The third-order valence-electron chi connectivity index (χ3n) is 3.93. The van der Waals surface area contributed by atoms with Gasteiger partial charge in [0.05, 0.1) is 11.1 Å². The molecule has 1 aromatic rings. The van der Waals surface area contributed by atoms with Crippen LogP contribution in [0.3, 0.4) is 0 Å². The highest BCUT2D eigenvalue weighted by Crippen LogP contribution is 2.38. The van der Waals surface area contributed by atoms with E-state index in [1.807, 2.05) is 6.07 Å². The molecule has 1 aromatic carbocycles. The number of carbonyl (C=O) groups excluding carboxylic acids is 1. The highest BCUT2D eigenvalue weighted by Gasteiger charge is 2.57. The van der Waals surface area contributed by atoms with E-state index in [1.165, 1.54) is 0 Å². The minimum absolute atomic E-state index is 0.180. The lowest BCUT2D eigenvalue weighted by atomic mass is 9.96. The molecule has 0 saturated carbocycles. The number of hydrogen-bond donors (Lipinski definition) is 2. The zero-order valence-corrected chi connectivity index (χ0v) is 12.5. The maximum absolute atomic E-state index is 12.9. The SMILES string of the molecule is CC1(C)C(=NO)C(=NO)C(C)(C)N1C(=O)c1ccccc1. The summed E-state index contributed by atoms with van der Waals surface area (Å²) in [6.45, 7) is 7.01. The van der Waals surface area contributed by atoms with Crippen molar-refractivity contribution in [2.75, 3.05) is 0 Å². The second-order valence-electron chi connectivity index (χ2n) is 6.02. The number of benzene rings is 1. The Labute approximate surface area is 123 Å². The molecule has 1 amide bonds. The van der Waals surface area contributed by atoms with Crippen LogP contribution < -0.4 is 0 Å². The Hall–Kier alpha value is -2.37. The predicted molar refractivity (Wildman–Crippen MR) is 79.2 cm³/mol. The van der Waals surface area contributed by atoms with Crippen molar-refractivity contribution in [1.82, 2.24) is 4.90 Å². The van der Waals surface area contributed by atoms with Gasteiger partial charge >= 0.3 is 0 Å². The highest BCUT2D eigenvalue weighted by molar-refractivity contribution is 6.51. The maximum atomic E-state index is 12.9. The third kappa shape index (κ3) is 2.07. The van der Waals surface area contributed by atoms with Gasteiger partial charge in [-0.3, -0.25) is 4.79 Å². The first-order valence-electron chi connectivity index (χ1n) is 6.63. The fourth-order valence-corrected chi connectivity index (χ4v) is 3.05. The Morgan fingerprint density at radius 2 is 1.38 bits per heavy atom. The first kappa shape index (κ1) is 15.0. The number of amides is 1. The van der Waals surface area contributed by atoms with Gasteiger partial charge in [0.2, 0.25) is 0 Å². The molecule has 1 aliphatic rings. The van der Waals surface area contributed by atoms with Crippen molar-refractivity contribution in [3.63, 3.8) is 0 Å². The Kier molecular flexibility index (Phi) is 3.49. The molecule has 112 valence electrons. The minimum atomic E-state index is -0.896. The van der Waals surface area contributed by atoms with Crippen molar-refractivity contribution in [1.29, 1.82) is 0 Å². The summed E-state index contributed by atoms with van der Waals surface area (Å²) in [6, 6.07) is 8.84. The van der Waals surface area contributed by atoms with Crippen LogP contribution in [0.25, 0.3) is 0 Å². The van der Waals surface area contributed by atoms with Gasteiger partial charge in [0.25, 0.3) is 5.91 Å². The number of carbonyl (C=O) groups is 1.